The minimum Gasteiger partial charge on any atom is -0.497 e. The van der Waals surface area contributed by atoms with Gasteiger partial charge in [0.05, 0.1) is 42.7 Å². The minimum atomic E-state index is -3.26. The Balaban J connectivity index is 1.82. The van der Waals surface area contributed by atoms with Crippen LogP contribution in [0.2, 0.25) is 0 Å². The fourth-order valence-corrected chi connectivity index (χ4v) is 17.2. The van der Waals surface area contributed by atoms with Gasteiger partial charge in [0.25, 0.3) is 0 Å². The number of ether oxygens (including phenoxy) is 6. The third-order valence-electron chi connectivity index (χ3n) is 9.33. The molecule has 6 aromatic rings. The monoisotopic (exact) mass is 732 g/mol. The molecule has 0 fully saturated rings. The second-order valence-electron chi connectivity index (χ2n) is 11.8. The molecule has 0 aliphatic rings. The number of benzene rings is 6. The van der Waals surface area contributed by atoms with Crippen LogP contribution in [0, 0.1) is 0 Å². The molecule has 264 valence electrons. The first-order valence-corrected chi connectivity index (χ1v) is 20.2. The maximum Gasteiger partial charge on any atom is 0.426 e. The molecule has 0 aromatic heterocycles. The maximum atomic E-state index is 17.1. The number of hydrogen-bond donors (Lipinski definition) is 0. The van der Waals surface area contributed by atoms with Gasteiger partial charge < -0.3 is 28.4 Å². The maximum absolute atomic E-state index is 17.1. The van der Waals surface area contributed by atoms with E-state index in [1.165, 1.54) is 0 Å². The Morgan fingerprint density at radius 1 is 0.288 bits per heavy atom. The van der Waals surface area contributed by atoms with E-state index in [4.69, 9.17) is 28.4 Å². The zero-order valence-electron chi connectivity index (χ0n) is 30.1. The van der Waals surface area contributed by atoms with E-state index in [0.29, 0.717) is 34.5 Å². The van der Waals surface area contributed by atoms with Crippen LogP contribution in [0.15, 0.2) is 146 Å². The first kappa shape index (κ1) is 36.4. The average molecular weight is 733 g/mol. The van der Waals surface area contributed by atoms with E-state index in [0.717, 1.165) is 31.8 Å². The Labute approximate surface area is 306 Å². The van der Waals surface area contributed by atoms with Crippen LogP contribution in [0.5, 0.6) is 34.5 Å². The second kappa shape index (κ2) is 15.9. The van der Waals surface area contributed by atoms with Crippen molar-refractivity contribution < 1.29 is 33.2 Å². The molecule has 52 heavy (non-hydrogen) atoms. The Morgan fingerprint density at radius 2 is 0.423 bits per heavy atom. The molecule has 7 nitrogen and oxygen atoms in total. The highest BCUT2D eigenvalue weighted by Crippen LogP contribution is 2.73. The molecule has 6 rings (SSSR count). The fraction of sp³-hybridized carbons (Fsp3) is 0.140. The van der Waals surface area contributed by atoms with Crippen molar-refractivity contribution in [1.29, 1.82) is 0 Å². The Hall–Kier alpha value is -5.35. The smallest absolute Gasteiger partial charge is 0.426 e. The van der Waals surface area contributed by atoms with Gasteiger partial charge in [0.2, 0.25) is 14.5 Å². The van der Waals surface area contributed by atoms with Crippen LogP contribution in [0.4, 0.5) is 4.79 Å². The van der Waals surface area contributed by atoms with E-state index in [2.05, 4.69) is 0 Å². The summed E-state index contributed by atoms with van der Waals surface area (Å²) in [5.41, 5.74) is 0. The standard InChI is InChI=1S/C43H42O7P2/c1-45-31-7-19-37(20-8-31)51(38-21-9-32(46-2)10-22-38,39-23-11-33(47-3)12-24-39)43(44)52(40-25-13-34(48-4)14-26-40,41-27-15-35(49-5)16-28-41)42-29-17-36(50-6)18-30-42/h7-30H,1-6H3/q+2. The van der Waals surface area contributed by atoms with Gasteiger partial charge in [-0.3, -0.25) is 0 Å². The van der Waals surface area contributed by atoms with Gasteiger partial charge in [0, 0.05) is 0 Å². The van der Waals surface area contributed by atoms with Crippen molar-refractivity contribution in [2.45, 2.75) is 0 Å². The second-order valence-corrected chi connectivity index (χ2v) is 18.8. The third kappa shape index (κ3) is 6.47. The molecule has 0 aliphatic carbocycles. The Morgan fingerprint density at radius 3 is 0.538 bits per heavy atom. The topological polar surface area (TPSA) is 72.5 Å². The van der Waals surface area contributed by atoms with Crippen molar-refractivity contribution in [3.05, 3.63) is 146 Å². The first-order chi connectivity index (χ1) is 25.4. The van der Waals surface area contributed by atoms with Crippen molar-refractivity contribution in [3.63, 3.8) is 0 Å². The highest BCUT2D eigenvalue weighted by atomic mass is 31.2. The van der Waals surface area contributed by atoms with Gasteiger partial charge in [-0.15, -0.1) is 0 Å². The molecule has 0 saturated heterocycles. The lowest BCUT2D eigenvalue weighted by Gasteiger charge is -2.32. The lowest BCUT2D eigenvalue weighted by Crippen LogP contribution is -2.44. The number of hydrogen-bond acceptors (Lipinski definition) is 7. The van der Waals surface area contributed by atoms with Crippen LogP contribution in [-0.2, 0) is 0 Å². The van der Waals surface area contributed by atoms with E-state index in [9.17, 15) is 0 Å². The molecule has 0 radical (unpaired) electrons. The molecule has 0 bridgehead atoms. The average Bonchev–Trinajstić information content (AvgIpc) is 3.22. The largest absolute Gasteiger partial charge is 0.497 e. The molecule has 0 saturated carbocycles. The van der Waals surface area contributed by atoms with Crippen LogP contribution in [0.3, 0.4) is 0 Å². The van der Waals surface area contributed by atoms with Crippen LogP contribution in [0.1, 0.15) is 0 Å². The molecule has 0 spiro atoms. The van der Waals surface area contributed by atoms with Crippen molar-refractivity contribution in [2.75, 3.05) is 42.7 Å². The Bertz CT molecular complexity index is 1700. The summed E-state index contributed by atoms with van der Waals surface area (Å²) < 4.78 is 33.7. The number of carbonyl (C=O) groups is 1. The molecule has 0 atom stereocenters. The normalized spacial score (nSPS) is 11.3. The highest BCUT2D eigenvalue weighted by Gasteiger charge is 2.70. The molecule has 9 heteroatoms. The number of carbonyl (C=O) groups excluding carboxylic acids is 1. The SMILES string of the molecule is COc1ccc([P+](C(=O)[P+](c2ccc(OC)cc2)(c2ccc(OC)cc2)c2ccc(OC)cc2)(c2ccc(OC)cc2)c2ccc(OC)cc2)cc1. The number of rotatable bonds is 14. The zero-order valence-corrected chi connectivity index (χ0v) is 31.9. The van der Waals surface area contributed by atoms with Gasteiger partial charge in [-0.2, -0.15) is 0 Å². The van der Waals surface area contributed by atoms with Crippen molar-refractivity contribution in [2.24, 2.45) is 0 Å². The predicted molar refractivity (Wildman–Crippen MR) is 215 cm³/mol. The van der Waals surface area contributed by atoms with Crippen LogP contribution in [-0.4, -0.2) is 47.9 Å². The lowest BCUT2D eigenvalue weighted by atomic mass is 10.3. The summed E-state index contributed by atoms with van der Waals surface area (Å²) in [6.45, 7) is 0. The molecule has 0 aliphatic heterocycles. The molecule has 0 heterocycles. The van der Waals surface area contributed by atoms with E-state index >= 15 is 4.79 Å². The Kier molecular flexibility index (Phi) is 11.1. The molecule has 0 unspecified atom stereocenters. The van der Waals surface area contributed by atoms with Gasteiger partial charge in [-0.05, 0) is 146 Å². The van der Waals surface area contributed by atoms with E-state index in [1.807, 2.05) is 146 Å². The minimum absolute atomic E-state index is 0.0981. The number of methoxy groups -OCH3 is 6. The summed E-state index contributed by atoms with van der Waals surface area (Å²) in [6.07, 6.45) is 0. The lowest BCUT2D eigenvalue weighted by molar-refractivity contribution is 0.275. The summed E-state index contributed by atoms with van der Waals surface area (Å²) in [4.78, 5) is 17.1. The van der Waals surface area contributed by atoms with Crippen molar-refractivity contribution in [3.8, 4) is 34.5 Å². The van der Waals surface area contributed by atoms with E-state index in [1.54, 1.807) is 42.7 Å². The quantitative estimate of drug-likeness (QED) is 0.110. The molecule has 6 aromatic carbocycles. The summed E-state index contributed by atoms with van der Waals surface area (Å²) in [6, 6.07) is 47.5. The first-order valence-electron chi connectivity index (χ1n) is 16.6. The highest BCUT2D eigenvalue weighted by molar-refractivity contribution is 8.30. The van der Waals surface area contributed by atoms with Gasteiger partial charge in [-0.25, -0.2) is 4.79 Å². The van der Waals surface area contributed by atoms with E-state index < -0.39 is 14.5 Å². The summed E-state index contributed by atoms with van der Waals surface area (Å²) >= 11 is 0. The summed E-state index contributed by atoms with van der Waals surface area (Å²) in [5, 5.41) is 5.40. The fourth-order valence-electron chi connectivity index (χ4n) is 6.62. The van der Waals surface area contributed by atoms with Crippen LogP contribution >= 0.6 is 14.5 Å². The van der Waals surface area contributed by atoms with Gasteiger partial charge in [0.1, 0.15) is 66.3 Å². The van der Waals surface area contributed by atoms with Crippen LogP contribution < -0.4 is 60.2 Å². The molecule has 0 amide bonds. The molecular formula is C43H42O7P2+2. The van der Waals surface area contributed by atoms with Gasteiger partial charge in [0.15, 0.2) is 0 Å². The van der Waals surface area contributed by atoms with Crippen LogP contribution in [0.25, 0.3) is 0 Å². The van der Waals surface area contributed by atoms with Crippen molar-refractivity contribution >= 4 is 51.6 Å². The molecule has 0 N–H and O–H groups in total. The third-order valence-corrected chi connectivity index (χ3v) is 18.7. The summed E-state index contributed by atoms with van der Waals surface area (Å²) in [5.74, 6) is 4.17. The van der Waals surface area contributed by atoms with Gasteiger partial charge >= 0.3 is 5.27 Å². The van der Waals surface area contributed by atoms with Gasteiger partial charge in [-0.1, -0.05) is 0 Å². The zero-order chi connectivity index (χ0) is 36.7. The predicted octanol–water partition coefficient (Wildman–Crippen LogP) is 7.15. The van der Waals surface area contributed by atoms with E-state index in [-0.39, 0.29) is 5.27 Å². The van der Waals surface area contributed by atoms with Crippen molar-refractivity contribution in [1.82, 2.24) is 0 Å². The molecular weight excluding hydrogens is 690 g/mol. The summed E-state index contributed by atoms with van der Waals surface area (Å²) in [7, 11) is 3.33.